The highest BCUT2D eigenvalue weighted by atomic mass is 32.2. The summed E-state index contributed by atoms with van der Waals surface area (Å²) in [5.41, 5.74) is 1.02. The van der Waals surface area contributed by atoms with Crippen LogP contribution in [0.4, 0.5) is 0 Å². The largest absolute Gasteiger partial charge is 0.312 e. The molecule has 1 N–H and O–H groups in total. The van der Waals surface area contributed by atoms with Gasteiger partial charge in [-0.1, -0.05) is 13.8 Å². The number of aryl methyl sites for hydroxylation is 1. The third-order valence-corrected chi connectivity index (χ3v) is 5.59. The van der Waals surface area contributed by atoms with Crippen LogP contribution in [-0.2, 0) is 22.8 Å². The molecule has 1 rings (SSSR count). The van der Waals surface area contributed by atoms with Gasteiger partial charge in [0, 0.05) is 17.7 Å². The van der Waals surface area contributed by atoms with E-state index in [1.165, 1.54) is 17.6 Å². The van der Waals surface area contributed by atoms with Crippen LogP contribution in [0.3, 0.4) is 0 Å². The molecule has 1 unspecified atom stereocenters. The lowest BCUT2D eigenvalue weighted by atomic mass is 10.3. The summed E-state index contributed by atoms with van der Waals surface area (Å²) < 4.78 is 23.0. The van der Waals surface area contributed by atoms with Crippen LogP contribution >= 0.6 is 11.3 Å². The van der Waals surface area contributed by atoms with Crippen molar-refractivity contribution in [2.75, 3.05) is 12.8 Å². The fourth-order valence-corrected chi connectivity index (χ4v) is 3.56. The molecule has 1 aromatic rings. The van der Waals surface area contributed by atoms with Gasteiger partial charge in [0.25, 0.3) is 0 Å². The van der Waals surface area contributed by atoms with E-state index in [1.807, 2.05) is 13.8 Å². The predicted molar refractivity (Wildman–Crippen MR) is 72.1 cm³/mol. The van der Waals surface area contributed by atoms with Crippen molar-refractivity contribution < 1.29 is 8.42 Å². The summed E-state index contributed by atoms with van der Waals surface area (Å²) in [5, 5.41) is 3.45. The van der Waals surface area contributed by atoms with Crippen LogP contribution in [0.1, 0.15) is 41.6 Å². The van der Waals surface area contributed by atoms with Gasteiger partial charge >= 0.3 is 0 Å². The molecule has 1 aromatic heterocycles. The first kappa shape index (κ1) is 14.6. The molecule has 0 radical (unpaired) electrons. The molecule has 0 amide bonds. The first-order valence-corrected chi connectivity index (χ1v) is 8.55. The Hall–Kier alpha value is -0.460. The normalized spacial score (nSPS) is 13.9. The van der Waals surface area contributed by atoms with Crippen molar-refractivity contribution in [2.45, 2.75) is 39.0 Å². The molecule has 1 atom stereocenters. The molecule has 0 saturated carbocycles. The standard InChI is InChI=1S/C11H20N2O2S2/c1-5-9-10(7-12-6-2)16-11(13-9)8(3)17(4,14)15/h8,12H,5-7H2,1-4H3. The molecule has 0 bridgehead atoms. The second-order valence-corrected chi connectivity index (χ2v) is 7.51. The van der Waals surface area contributed by atoms with Crippen LogP contribution in [-0.4, -0.2) is 26.2 Å². The highest BCUT2D eigenvalue weighted by Gasteiger charge is 2.22. The van der Waals surface area contributed by atoms with Crippen LogP contribution in [0.2, 0.25) is 0 Å². The molecule has 6 heteroatoms. The summed E-state index contributed by atoms with van der Waals surface area (Å²) in [7, 11) is -3.06. The fraction of sp³-hybridized carbons (Fsp3) is 0.727. The van der Waals surface area contributed by atoms with Gasteiger partial charge in [0.2, 0.25) is 0 Å². The molecule has 1 heterocycles. The van der Waals surface area contributed by atoms with Crippen molar-refractivity contribution >= 4 is 21.2 Å². The number of nitrogens with one attached hydrogen (secondary N) is 1. The van der Waals surface area contributed by atoms with E-state index in [4.69, 9.17) is 0 Å². The molecule has 4 nitrogen and oxygen atoms in total. The lowest BCUT2D eigenvalue weighted by molar-refractivity contribution is 0.592. The van der Waals surface area contributed by atoms with Crippen molar-refractivity contribution in [3.05, 3.63) is 15.6 Å². The van der Waals surface area contributed by atoms with Gasteiger partial charge in [-0.05, 0) is 19.9 Å². The third-order valence-electron chi connectivity index (χ3n) is 2.66. The molecule has 17 heavy (non-hydrogen) atoms. The molecular formula is C11H20N2O2S2. The maximum absolute atomic E-state index is 11.5. The Balaban J connectivity index is 3.00. The summed E-state index contributed by atoms with van der Waals surface area (Å²) in [6.45, 7) is 7.46. The fourth-order valence-electron chi connectivity index (χ4n) is 1.41. The van der Waals surface area contributed by atoms with Crippen LogP contribution in [0.25, 0.3) is 0 Å². The van der Waals surface area contributed by atoms with Gasteiger partial charge in [0.1, 0.15) is 10.3 Å². The maximum atomic E-state index is 11.5. The Kier molecular flexibility index (Phi) is 5.09. The number of sulfone groups is 1. The number of thiazole rings is 1. The van der Waals surface area contributed by atoms with E-state index in [-0.39, 0.29) is 0 Å². The van der Waals surface area contributed by atoms with E-state index in [1.54, 1.807) is 6.92 Å². The Morgan fingerprint density at radius 3 is 2.53 bits per heavy atom. The summed E-state index contributed by atoms with van der Waals surface area (Å²) in [6.07, 6.45) is 2.10. The second kappa shape index (κ2) is 5.93. The van der Waals surface area contributed by atoms with Gasteiger partial charge < -0.3 is 5.32 Å². The van der Waals surface area contributed by atoms with Crippen LogP contribution < -0.4 is 5.32 Å². The minimum atomic E-state index is -3.06. The van der Waals surface area contributed by atoms with Crippen molar-refractivity contribution in [3.63, 3.8) is 0 Å². The first-order valence-electron chi connectivity index (χ1n) is 5.78. The molecular weight excluding hydrogens is 256 g/mol. The second-order valence-electron chi connectivity index (χ2n) is 4.03. The summed E-state index contributed by atoms with van der Waals surface area (Å²) in [5.74, 6) is 0. The van der Waals surface area contributed by atoms with Gasteiger partial charge in [0.15, 0.2) is 9.84 Å². The van der Waals surface area contributed by atoms with E-state index in [2.05, 4.69) is 10.3 Å². The van der Waals surface area contributed by atoms with Gasteiger partial charge in [-0.2, -0.15) is 0 Å². The van der Waals surface area contributed by atoms with E-state index in [9.17, 15) is 8.42 Å². The molecule has 0 aliphatic carbocycles. The van der Waals surface area contributed by atoms with Crippen molar-refractivity contribution in [3.8, 4) is 0 Å². The number of nitrogens with zero attached hydrogens (tertiary/aromatic N) is 1. The van der Waals surface area contributed by atoms with Crippen molar-refractivity contribution in [1.29, 1.82) is 0 Å². The molecule has 0 aromatic carbocycles. The predicted octanol–water partition coefficient (Wildman–Crippen LogP) is 1.92. The van der Waals surface area contributed by atoms with Crippen molar-refractivity contribution in [1.82, 2.24) is 10.3 Å². The van der Waals surface area contributed by atoms with Gasteiger partial charge in [-0.25, -0.2) is 13.4 Å². The summed E-state index contributed by atoms with van der Waals surface area (Å²) in [6, 6.07) is 0. The minimum absolute atomic E-state index is 0.506. The maximum Gasteiger partial charge on any atom is 0.156 e. The Morgan fingerprint density at radius 1 is 1.41 bits per heavy atom. The minimum Gasteiger partial charge on any atom is -0.312 e. The van der Waals surface area contributed by atoms with E-state index < -0.39 is 15.1 Å². The quantitative estimate of drug-likeness (QED) is 0.862. The topological polar surface area (TPSA) is 59.1 Å². The zero-order chi connectivity index (χ0) is 13.1. The average Bonchev–Trinajstić information content (AvgIpc) is 2.66. The molecule has 98 valence electrons. The average molecular weight is 276 g/mol. The summed E-state index contributed by atoms with van der Waals surface area (Å²) >= 11 is 1.51. The number of rotatable bonds is 6. The molecule has 0 saturated heterocycles. The first-order chi connectivity index (χ1) is 7.90. The number of aromatic nitrogens is 1. The number of hydrogen-bond acceptors (Lipinski definition) is 5. The van der Waals surface area contributed by atoms with Gasteiger partial charge in [0.05, 0.1) is 5.69 Å². The molecule has 0 fully saturated rings. The SMILES string of the molecule is CCNCc1sc(C(C)S(C)(=O)=O)nc1CC. The Labute approximate surface area is 107 Å². The van der Waals surface area contributed by atoms with Crippen molar-refractivity contribution in [2.24, 2.45) is 0 Å². The molecule has 0 spiro atoms. The number of hydrogen-bond donors (Lipinski definition) is 1. The van der Waals surface area contributed by atoms with Crippen LogP contribution in [0.5, 0.6) is 0 Å². The zero-order valence-electron chi connectivity index (χ0n) is 10.8. The lowest BCUT2D eigenvalue weighted by Gasteiger charge is -2.04. The summed E-state index contributed by atoms with van der Waals surface area (Å²) in [4.78, 5) is 5.60. The Bertz CT molecular complexity index is 466. The third kappa shape index (κ3) is 3.76. The van der Waals surface area contributed by atoms with Crippen LogP contribution in [0, 0.1) is 0 Å². The van der Waals surface area contributed by atoms with Crippen LogP contribution in [0.15, 0.2) is 0 Å². The van der Waals surface area contributed by atoms with E-state index in [0.29, 0.717) is 5.01 Å². The molecule has 0 aliphatic heterocycles. The monoisotopic (exact) mass is 276 g/mol. The Morgan fingerprint density at radius 2 is 2.06 bits per heavy atom. The smallest absolute Gasteiger partial charge is 0.156 e. The molecule has 0 aliphatic rings. The highest BCUT2D eigenvalue weighted by molar-refractivity contribution is 7.91. The van der Waals surface area contributed by atoms with Gasteiger partial charge in [-0.15, -0.1) is 11.3 Å². The van der Waals surface area contributed by atoms with E-state index >= 15 is 0 Å². The van der Waals surface area contributed by atoms with E-state index in [0.717, 1.165) is 30.1 Å². The lowest BCUT2D eigenvalue weighted by Crippen LogP contribution is -2.11. The van der Waals surface area contributed by atoms with Gasteiger partial charge in [-0.3, -0.25) is 0 Å². The highest BCUT2D eigenvalue weighted by Crippen LogP contribution is 2.28. The zero-order valence-corrected chi connectivity index (χ0v) is 12.4.